The summed E-state index contributed by atoms with van der Waals surface area (Å²) < 4.78 is 0. The summed E-state index contributed by atoms with van der Waals surface area (Å²) in [4.78, 5) is 23.3. The van der Waals surface area contributed by atoms with E-state index in [-0.39, 0.29) is 11.6 Å². The molecule has 0 fully saturated rings. The molecule has 0 aromatic carbocycles. The number of hydrogen-bond acceptors (Lipinski definition) is 3. The van der Waals surface area contributed by atoms with Gasteiger partial charge in [-0.2, -0.15) is 0 Å². The second-order valence-electron chi connectivity index (χ2n) is 3.95. The van der Waals surface area contributed by atoms with Gasteiger partial charge in [-0.1, -0.05) is 12.2 Å². The van der Waals surface area contributed by atoms with E-state index in [0.717, 1.165) is 5.57 Å². The van der Waals surface area contributed by atoms with Crippen molar-refractivity contribution in [3.63, 3.8) is 0 Å². The Labute approximate surface area is 108 Å². The van der Waals surface area contributed by atoms with Crippen LogP contribution in [0.4, 0.5) is 0 Å². The molecule has 5 nitrogen and oxygen atoms in total. The molecule has 0 spiro atoms. The Balaban J connectivity index is 5.21. The van der Waals surface area contributed by atoms with Gasteiger partial charge in [-0.05, 0) is 32.4 Å². The Kier molecular flexibility index (Phi) is 6.63. The minimum absolute atomic E-state index is 0.00704. The van der Waals surface area contributed by atoms with Gasteiger partial charge in [0.25, 0.3) is 5.70 Å². The van der Waals surface area contributed by atoms with Crippen molar-refractivity contribution >= 4 is 5.91 Å². The van der Waals surface area contributed by atoms with Gasteiger partial charge >= 0.3 is 0 Å². The third kappa shape index (κ3) is 4.95. The molecule has 0 aromatic rings. The predicted octanol–water partition coefficient (Wildman–Crippen LogP) is 2.54. The molecule has 0 heterocycles. The molecule has 0 radical (unpaired) electrons. The van der Waals surface area contributed by atoms with Gasteiger partial charge in [0.15, 0.2) is 0 Å². The molecule has 0 atom stereocenters. The Morgan fingerprint density at radius 2 is 2.00 bits per heavy atom. The van der Waals surface area contributed by atoms with E-state index in [4.69, 9.17) is 0 Å². The van der Waals surface area contributed by atoms with Crippen molar-refractivity contribution < 1.29 is 9.72 Å². The number of carbonyl (C=O) groups is 1. The van der Waals surface area contributed by atoms with Crippen molar-refractivity contribution in [3.05, 3.63) is 45.7 Å². The lowest BCUT2D eigenvalue weighted by atomic mass is 10.1. The van der Waals surface area contributed by atoms with Crippen molar-refractivity contribution in [2.75, 3.05) is 13.1 Å². The molecule has 0 saturated heterocycles. The number of allylic oxidation sites excluding steroid dienone is 2. The van der Waals surface area contributed by atoms with Crippen molar-refractivity contribution in [1.82, 2.24) is 4.90 Å². The fourth-order valence-corrected chi connectivity index (χ4v) is 1.38. The molecule has 0 N–H and O–H groups in total. The molecule has 18 heavy (non-hydrogen) atoms. The summed E-state index contributed by atoms with van der Waals surface area (Å²) in [5.74, 6) is -0.0622. The average molecular weight is 252 g/mol. The van der Waals surface area contributed by atoms with E-state index in [1.54, 1.807) is 18.7 Å². The monoisotopic (exact) mass is 252 g/mol. The first kappa shape index (κ1) is 16.1. The van der Waals surface area contributed by atoms with Gasteiger partial charge in [-0.15, -0.1) is 0 Å². The lowest BCUT2D eigenvalue weighted by molar-refractivity contribution is -0.419. The van der Waals surface area contributed by atoms with Crippen molar-refractivity contribution in [1.29, 1.82) is 0 Å². The van der Waals surface area contributed by atoms with Crippen LogP contribution in [0.15, 0.2) is 35.6 Å². The van der Waals surface area contributed by atoms with E-state index >= 15 is 0 Å². The molecule has 1 amide bonds. The lowest BCUT2D eigenvalue weighted by Gasteiger charge is -2.20. The smallest absolute Gasteiger partial charge is 0.265 e. The van der Waals surface area contributed by atoms with Crippen LogP contribution >= 0.6 is 0 Å². The molecular weight excluding hydrogens is 232 g/mol. The first-order valence-electron chi connectivity index (χ1n) is 5.76. The van der Waals surface area contributed by atoms with Gasteiger partial charge in [-0.25, -0.2) is 0 Å². The zero-order valence-corrected chi connectivity index (χ0v) is 11.4. The first-order chi connectivity index (χ1) is 8.33. The highest BCUT2D eigenvalue weighted by molar-refractivity contribution is 5.73. The Morgan fingerprint density at radius 3 is 2.28 bits per heavy atom. The van der Waals surface area contributed by atoms with Crippen LogP contribution in [-0.2, 0) is 4.79 Å². The zero-order valence-electron chi connectivity index (χ0n) is 11.4. The third-order valence-corrected chi connectivity index (χ3v) is 2.57. The highest BCUT2D eigenvalue weighted by Crippen LogP contribution is 2.13. The van der Waals surface area contributed by atoms with E-state index in [1.165, 1.54) is 19.1 Å². The minimum Gasteiger partial charge on any atom is -0.339 e. The molecule has 0 bridgehead atoms. The fraction of sp³-hybridized carbons (Fsp3) is 0.462. The van der Waals surface area contributed by atoms with Crippen LogP contribution in [-0.4, -0.2) is 28.8 Å². The van der Waals surface area contributed by atoms with Crippen LogP contribution in [0.2, 0.25) is 0 Å². The summed E-state index contributed by atoms with van der Waals surface area (Å²) in [6.07, 6.45) is 2.89. The summed E-state index contributed by atoms with van der Waals surface area (Å²) in [5, 5.41) is 10.8. The molecule has 0 unspecified atom stereocenters. The molecule has 0 rings (SSSR count). The van der Waals surface area contributed by atoms with Crippen molar-refractivity contribution in [2.45, 2.75) is 27.7 Å². The van der Waals surface area contributed by atoms with Gasteiger partial charge in [0.2, 0.25) is 5.91 Å². The minimum atomic E-state index is -0.451. The summed E-state index contributed by atoms with van der Waals surface area (Å²) in [6.45, 7) is 11.4. The highest BCUT2D eigenvalue weighted by Gasteiger charge is 2.13. The van der Waals surface area contributed by atoms with Crippen molar-refractivity contribution in [2.24, 2.45) is 0 Å². The Bertz CT molecular complexity index is 408. The average Bonchev–Trinajstić information content (AvgIpc) is 2.27. The quantitative estimate of drug-likeness (QED) is 0.414. The molecule has 5 heteroatoms. The van der Waals surface area contributed by atoms with E-state index in [1.807, 2.05) is 6.92 Å². The van der Waals surface area contributed by atoms with Gasteiger partial charge in [0.1, 0.15) is 0 Å². The van der Waals surface area contributed by atoms with E-state index in [0.29, 0.717) is 18.7 Å². The maximum absolute atomic E-state index is 11.3. The van der Waals surface area contributed by atoms with Crippen LogP contribution < -0.4 is 0 Å². The first-order valence-corrected chi connectivity index (χ1v) is 5.76. The van der Waals surface area contributed by atoms with E-state index < -0.39 is 4.92 Å². The topological polar surface area (TPSA) is 63.5 Å². The Hall–Kier alpha value is -1.91. The largest absolute Gasteiger partial charge is 0.339 e. The lowest BCUT2D eigenvalue weighted by Crippen LogP contribution is -2.30. The van der Waals surface area contributed by atoms with Gasteiger partial charge in [-0.3, -0.25) is 14.9 Å². The molecule has 0 aliphatic rings. The second kappa shape index (κ2) is 7.42. The summed E-state index contributed by atoms with van der Waals surface area (Å²) in [6, 6.07) is 0. The predicted molar refractivity (Wildman–Crippen MR) is 71.6 cm³/mol. The van der Waals surface area contributed by atoms with E-state index in [9.17, 15) is 14.9 Å². The van der Waals surface area contributed by atoms with Gasteiger partial charge in [0, 0.05) is 26.1 Å². The number of amides is 1. The van der Waals surface area contributed by atoms with Crippen LogP contribution in [0.5, 0.6) is 0 Å². The van der Waals surface area contributed by atoms with Crippen LogP contribution in [0.1, 0.15) is 27.7 Å². The number of likely N-dealkylation sites (N-methyl/N-ethyl adjacent to an activating group) is 1. The zero-order chi connectivity index (χ0) is 14.3. The maximum atomic E-state index is 11.3. The maximum Gasteiger partial charge on any atom is 0.265 e. The van der Waals surface area contributed by atoms with Gasteiger partial charge in [0.05, 0.1) is 4.92 Å². The molecule has 0 saturated carbocycles. The molecule has 0 aliphatic carbocycles. The van der Waals surface area contributed by atoms with Gasteiger partial charge < -0.3 is 4.90 Å². The standard InChI is InChI=1S/C13H20N2O3/c1-6-13(15(17)18)8-12(10(3)4)9-14(7-2)11(5)16/h6,8H,3,7,9H2,1-2,4-5H3/b12-8-,13-6+. The number of hydrogen-bond donors (Lipinski definition) is 0. The summed E-state index contributed by atoms with van der Waals surface area (Å²) >= 11 is 0. The SMILES string of the molecule is C=C(C)/C(=C\C(=C/C)[N+](=O)[O-])CN(CC)C(C)=O. The summed E-state index contributed by atoms with van der Waals surface area (Å²) in [7, 11) is 0. The van der Waals surface area contributed by atoms with E-state index in [2.05, 4.69) is 6.58 Å². The number of nitro groups is 1. The normalized spacial score (nSPS) is 12.2. The molecule has 100 valence electrons. The third-order valence-electron chi connectivity index (χ3n) is 2.57. The fourth-order valence-electron chi connectivity index (χ4n) is 1.38. The molecule has 0 aromatic heterocycles. The van der Waals surface area contributed by atoms with Crippen LogP contribution in [0, 0.1) is 10.1 Å². The molecular formula is C13H20N2O3. The van der Waals surface area contributed by atoms with Crippen molar-refractivity contribution in [3.8, 4) is 0 Å². The molecule has 0 aliphatic heterocycles. The Morgan fingerprint density at radius 1 is 1.44 bits per heavy atom. The highest BCUT2D eigenvalue weighted by atomic mass is 16.6. The summed E-state index contributed by atoms with van der Waals surface area (Å²) in [5.41, 5.74) is 1.42. The number of nitrogens with zero attached hydrogens (tertiary/aromatic N) is 2. The number of rotatable bonds is 6. The van der Waals surface area contributed by atoms with Crippen LogP contribution in [0.3, 0.4) is 0 Å². The second-order valence-corrected chi connectivity index (χ2v) is 3.95. The number of carbonyl (C=O) groups excluding carboxylic acids is 1. The van der Waals surface area contributed by atoms with Crippen LogP contribution in [0.25, 0.3) is 0 Å².